The third-order valence-electron chi connectivity index (χ3n) is 4.32. The number of rotatable bonds is 4. The van der Waals surface area contributed by atoms with Crippen molar-refractivity contribution in [2.75, 3.05) is 0 Å². The maximum absolute atomic E-state index is 10.9. The Labute approximate surface area is 160 Å². The number of non-ortho nitro benzene ring substituents is 1. The summed E-state index contributed by atoms with van der Waals surface area (Å²) in [5.74, 6) is 0.624. The smallest absolute Gasteiger partial charge is 0.269 e. The van der Waals surface area contributed by atoms with Crippen LogP contribution in [-0.2, 0) is 0 Å². The summed E-state index contributed by atoms with van der Waals surface area (Å²) in [4.78, 5) is 15.1. The van der Waals surface area contributed by atoms with Gasteiger partial charge >= 0.3 is 0 Å². The molecular formula is C22H13N3O3. The average molecular weight is 367 g/mol. The van der Waals surface area contributed by atoms with Crippen LogP contribution in [0.3, 0.4) is 0 Å². The van der Waals surface area contributed by atoms with Gasteiger partial charge in [0.2, 0.25) is 0 Å². The van der Waals surface area contributed by atoms with E-state index in [1.54, 1.807) is 36.6 Å². The van der Waals surface area contributed by atoms with Gasteiger partial charge in [0.25, 0.3) is 5.69 Å². The number of hydrogen-bond acceptors (Lipinski definition) is 5. The van der Waals surface area contributed by atoms with Crippen molar-refractivity contribution in [1.29, 1.82) is 5.26 Å². The Hall–Kier alpha value is -4.24. The lowest BCUT2D eigenvalue weighted by molar-refractivity contribution is -0.384. The molecule has 28 heavy (non-hydrogen) atoms. The van der Waals surface area contributed by atoms with Gasteiger partial charge in [-0.2, -0.15) is 5.26 Å². The van der Waals surface area contributed by atoms with Gasteiger partial charge in [-0.15, -0.1) is 0 Å². The number of nitrogens with zero attached hydrogens (tertiary/aromatic N) is 3. The number of nitro benzene ring substituents is 1. The Kier molecular flexibility index (Phi) is 4.40. The number of aromatic nitrogens is 1. The van der Waals surface area contributed by atoms with E-state index in [9.17, 15) is 10.1 Å². The van der Waals surface area contributed by atoms with Crippen molar-refractivity contribution < 1.29 is 9.34 Å². The van der Waals surface area contributed by atoms with Crippen LogP contribution in [0.15, 0.2) is 83.5 Å². The third-order valence-corrected chi connectivity index (χ3v) is 4.32. The van der Waals surface area contributed by atoms with Gasteiger partial charge in [0.15, 0.2) is 5.76 Å². The van der Waals surface area contributed by atoms with E-state index in [1.807, 2.05) is 30.3 Å². The van der Waals surface area contributed by atoms with E-state index in [0.29, 0.717) is 22.7 Å². The summed E-state index contributed by atoms with van der Waals surface area (Å²) in [5, 5.41) is 19.9. The topological polar surface area (TPSA) is 93.0 Å². The summed E-state index contributed by atoms with van der Waals surface area (Å²) in [7, 11) is 0. The standard InChI is InChI=1S/C22H13N3O3/c23-14-15-3-5-16(6-4-15)18-12-20(17-7-9-19(10-8-17)25(26)27)24-21(13-18)22-2-1-11-28-22/h1-13H. The molecule has 0 amide bonds. The van der Waals surface area contributed by atoms with Crippen molar-refractivity contribution in [2.24, 2.45) is 0 Å². The van der Waals surface area contributed by atoms with Crippen LogP contribution in [0.25, 0.3) is 33.8 Å². The molecule has 0 radical (unpaired) electrons. The number of nitriles is 1. The quantitative estimate of drug-likeness (QED) is 0.353. The Morgan fingerprint density at radius 3 is 2.18 bits per heavy atom. The molecule has 0 spiro atoms. The molecule has 0 aliphatic carbocycles. The van der Waals surface area contributed by atoms with E-state index in [1.165, 1.54) is 12.1 Å². The van der Waals surface area contributed by atoms with Gasteiger partial charge in [0, 0.05) is 17.7 Å². The zero-order chi connectivity index (χ0) is 19.5. The lowest BCUT2D eigenvalue weighted by Crippen LogP contribution is -1.92. The van der Waals surface area contributed by atoms with Crippen molar-refractivity contribution >= 4 is 5.69 Å². The van der Waals surface area contributed by atoms with Gasteiger partial charge in [-0.3, -0.25) is 10.1 Å². The molecular weight excluding hydrogens is 354 g/mol. The fourth-order valence-corrected chi connectivity index (χ4v) is 2.89. The zero-order valence-corrected chi connectivity index (χ0v) is 14.6. The van der Waals surface area contributed by atoms with Crippen LogP contribution in [0, 0.1) is 21.4 Å². The first-order chi connectivity index (χ1) is 13.6. The molecule has 6 nitrogen and oxygen atoms in total. The number of nitro groups is 1. The van der Waals surface area contributed by atoms with Crippen LogP contribution in [0.4, 0.5) is 5.69 Å². The number of pyridine rings is 1. The molecule has 2 heterocycles. The maximum atomic E-state index is 10.9. The highest BCUT2D eigenvalue weighted by Gasteiger charge is 2.12. The predicted octanol–water partition coefficient (Wildman–Crippen LogP) is 5.46. The van der Waals surface area contributed by atoms with Crippen molar-refractivity contribution in [3.63, 3.8) is 0 Å². The van der Waals surface area contributed by atoms with E-state index < -0.39 is 4.92 Å². The van der Waals surface area contributed by atoms with Gasteiger partial charge in [0.05, 0.1) is 28.5 Å². The van der Waals surface area contributed by atoms with Crippen molar-refractivity contribution in [2.45, 2.75) is 0 Å². The van der Waals surface area contributed by atoms with Gasteiger partial charge in [-0.25, -0.2) is 4.98 Å². The molecule has 0 N–H and O–H groups in total. The molecule has 0 saturated heterocycles. The predicted molar refractivity (Wildman–Crippen MR) is 104 cm³/mol. The largest absolute Gasteiger partial charge is 0.463 e. The molecule has 4 rings (SSSR count). The minimum atomic E-state index is -0.432. The second-order valence-corrected chi connectivity index (χ2v) is 6.10. The van der Waals surface area contributed by atoms with Crippen molar-refractivity contribution in [3.05, 3.63) is 94.7 Å². The van der Waals surface area contributed by atoms with E-state index >= 15 is 0 Å². The highest BCUT2D eigenvalue weighted by atomic mass is 16.6. The Bertz CT molecular complexity index is 1170. The van der Waals surface area contributed by atoms with E-state index in [2.05, 4.69) is 11.1 Å². The molecule has 0 saturated carbocycles. The molecule has 2 aromatic carbocycles. The Balaban J connectivity index is 1.84. The third kappa shape index (κ3) is 3.37. The molecule has 0 unspecified atom stereocenters. The molecule has 2 aromatic heterocycles. The maximum Gasteiger partial charge on any atom is 0.269 e. The van der Waals surface area contributed by atoms with Gasteiger partial charge in [0.1, 0.15) is 5.69 Å². The van der Waals surface area contributed by atoms with E-state index in [4.69, 9.17) is 9.68 Å². The van der Waals surface area contributed by atoms with Gasteiger partial charge in [-0.1, -0.05) is 12.1 Å². The summed E-state index contributed by atoms with van der Waals surface area (Å²) in [6.45, 7) is 0. The SMILES string of the molecule is N#Cc1ccc(-c2cc(-c3ccc([N+](=O)[O-])cc3)nc(-c3ccco3)c2)cc1. The van der Waals surface area contributed by atoms with Crippen LogP contribution < -0.4 is 0 Å². The second-order valence-electron chi connectivity index (χ2n) is 6.10. The van der Waals surface area contributed by atoms with Crippen LogP contribution in [-0.4, -0.2) is 9.91 Å². The van der Waals surface area contributed by atoms with Crippen molar-refractivity contribution in [1.82, 2.24) is 4.98 Å². The minimum Gasteiger partial charge on any atom is -0.463 e. The molecule has 4 aromatic rings. The average Bonchev–Trinajstić information content (AvgIpc) is 3.28. The fourth-order valence-electron chi connectivity index (χ4n) is 2.89. The lowest BCUT2D eigenvalue weighted by atomic mass is 10.0. The summed E-state index contributed by atoms with van der Waals surface area (Å²) >= 11 is 0. The van der Waals surface area contributed by atoms with E-state index in [0.717, 1.165) is 16.7 Å². The van der Waals surface area contributed by atoms with Crippen LogP contribution in [0.5, 0.6) is 0 Å². The minimum absolute atomic E-state index is 0.0262. The second kappa shape index (κ2) is 7.17. The Morgan fingerprint density at radius 2 is 1.57 bits per heavy atom. The number of benzene rings is 2. The summed E-state index contributed by atoms with van der Waals surface area (Å²) in [5.41, 5.74) is 4.52. The molecule has 0 atom stereocenters. The summed E-state index contributed by atoms with van der Waals surface area (Å²) in [6, 6.07) is 23.1. The monoisotopic (exact) mass is 367 g/mol. The Morgan fingerprint density at radius 1 is 0.893 bits per heavy atom. The lowest BCUT2D eigenvalue weighted by Gasteiger charge is -2.09. The van der Waals surface area contributed by atoms with E-state index in [-0.39, 0.29) is 5.69 Å². The summed E-state index contributed by atoms with van der Waals surface area (Å²) < 4.78 is 5.49. The highest BCUT2D eigenvalue weighted by molar-refractivity contribution is 5.75. The molecule has 0 aliphatic heterocycles. The normalized spacial score (nSPS) is 10.4. The van der Waals surface area contributed by atoms with Crippen molar-refractivity contribution in [3.8, 4) is 39.9 Å². The van der Waals surface area contributed by atoms with Gasteiger partial charge < -0.3 is 4.42 Å². The summed E-state index contributed by atoms with van der Waals surface area (Å²) in [6.07, 6.45) is 1.58. The molecule has 6 heteroatoms. The van der Waals surface area contributed by atoms with Crippen LogP contribution in [0.1, 0.15) is 5.56 Å². The van der Waals surface area contributed by atoms with Crippen LogP contribution in [0.2, 0.25) is 0 Å². The van der Waals surface area contributed by atoms with Crippen LogP contribution >= 0.6 is 0 Å². The van der Waals surface area contributed by atoms with Gasteiger partial charge in [-0.05, 0) is 59.7 Å². The zero-order valence-electron chi connectivity index (χ0n) is 14.6. The molecule has 0 fully saturated rings. The molecule has 0 bridgehead atoms. The molecule has 134 valence electrons. The first-order valence-electron chi connectivity index (χ1n) is 8.45. The first-order valence-corrected chi connectivity index (χ1v) is 8.45. The highest BCUT2D eigenvalue weighted by Crippen LogP contribution is 2.31. The molecule has 0 aliphatic rings. The number of hydrogen-bond donors (Lipinski definition) is 0. The first kappa shape index (κ1) is 17.2. The fraction of sp³-hybridized carbons (Fsp3) is 0. The number of furan rings is 1.